The standard InChI is InChI=1S/C19H29N3O4S/c1-14(2)13-21(15(3)23)11-9-20-27(25,26)18-7-8-19-17(12-18)6-5-10-22(19)16(4)24/h7-8,12,14,20H,5-6,9-11,13H2,1-4H3. The van der Waals surface area contributed by atoms with E-state index < -0.39 is 10.0 Å². The Labute approximate surface area is 161 Å². The number of aryl methyl sites for hydroxylation is 1. The first-order chi connectivity index (χ1) is 12.6. The van der Waals surface area contributed by atoms with E-state index in [4.69, 9.17) is 0 Å². The van der Waals surface area contributed by atoms with E-state index in [-0.39, 0.29) is 23.3 Å². The van der Waals surface area contributed by atoms with Gasteiger partial charge in [-0.05, 0) is 42.5 Å². The van der Waals surface area contributed by atoms with E-state index in [2.05, 4.69) is 4.72 Å². The van der Waals surface area contributed by atoms with E-state index in [0.29, 0.717) is 25.6 Å². The van der Waals surface area contributed by atoms with Gasteiger partial charge in [0.25, 0.3) is 0 Å². The van der Waals surface area contributed by atoms with Crippen LogP contribution >= 0.6 is 0 Å². The number of hydrogen-bond donors (Lipinski definition) is 1. The smallest absolute Gasteiger partial charge is 0.240 e. The molecule has 2 amide bonds. The van der Waals surface area contributed by atoms with Crippen LogP contribution in [-0.4, -0.2) is 51.3 Å². The maximum Gasteiger partial charge on any atom is 0.240 e. The Hall–Kier alpha value is -1.93. The molecule has 8 heteroatoms. The second-order valence-electron chi connectivity index (χ2n) is 7.32. The maximum absolute atomic E-state index is 12.6. The minimum atomic E-state index is -3.67. The van der Waals surface area contributed by atoms with Crippen molar-refractivity contribution in [1.82, 2.24) is 9.62 Å². The summed E-state index contributed by atoms with van der Waals surface area (Å²) in [6.45, 7) is 8.76. The number of nitrogens with zero attached hydrogens (tertiary/aromatic N) is 2. The summed E-state index contributed by atoms with van der Waals surface area (Å²) in [7, 11) is -3.67. The van der Waals surface area contributed by atoms with Gasteiger partial charge in [-0.1, -0.05) is 13.8 Å². The number of hydrogen-bond acceptors (Lipinski definition) is 4. The molecule has 0 spiro atoms. The van der Waals surface area contributed by atoms with Crippen LogP contribution in [0.15, 0.2) is 23.1 Å². The summed E-state index contributed by atoms with van der Waals surface area (Å²) in [5.41, 5.74) is 1.65. The van der Waals surface area contributed by atoms with Gasteiger partial charge >= 0.3 is 0 Å². The number of sulfonamides is 1. The molecule has 0 fully saturated rings. The Bertz CT molecular complexity index is 805. The lowest BCUT2D eigenvalue weighted by atomic mass is 10.0. The molecule has 0 radical (unpaired) electrons. The zero-order chi connectivity index (χ0) is 20.2. The summed E-state index contributed by atoms with van der Waals surface area (Å²) in [4.78, 5) is 26.9. The van der Waals surface area contributed by atoms with E-state index in [9.17, 15) is 18.0 Å². The van der Waals surface area contributed by atoms with E-state index >= 15 is 0 Å². The van der Waals surface area contributed by atoms with Crippen LogP contribution in [0.25, 0.3) is 0 Å². The second kappa shape index (κ2) is 8.84. The number of carbonyl (C=O) groups is 2. The highest BCUT2D eigenvalue weighted by Gasteiger charge is 2.23. The van der Waals surface area contributed by atoms with Crippen molar-refractivity contribution in [2.24, 2.45) is 5.92 Å². The molecule has 27 heavy (non-hydrogen) atoms. The molecular formula is C19H29N3O4S. The number of fused-ring (bicyclic) bond motifs is 1. The highest BCUT2D eigenvalue weighted by molar-refractivity contribution is 7.89. The average Bonchev–Trinajstić information content (AvgIpc) is 2.59. The van der Waals surface area contributed by atoms with Crippen molar-refractivity contribution in [1.29, 1.82) is 0 Å². The molecule has 0 saturated carbocycles. The predicted molar refractivity (Wildman–Crippen MR) is 105 cm³/mol. The van der Waals surface area contributed by atoms with Crippen LogP contribution in [0.5, 0.6) is 0 Å². The molecule has 0 bridgehead atoms. The molecule has 0 aromatic heterocycles. The molecule has 150 valence electrons. The van der Waals surface area contributed by atoms with Gasteiger partial charge in [0.1, 0.15) is 0 Å². The van der Waals surface area contributed by atoms with Crippen LogP contribution < -0.4 is 9.62 Å². The fourth-order valence-corrected chi connectivity index (χ4v) is 4.36. The monoisotopic (exact) mass is 395 g/mol. The highest BCUT2D eigenvalue weighted by Crippen LogP contribution is 2.29. The minimum absolute atomic E-state index is 0.0424. The molecule has 1 N–H and O–H groups in total. The molecule has 1 aliphatic rings. The fourth-order valence-electron chi connectivity index (χ4n) is 3.28. The summed E-state index contributed by atoms with van der Waals surface area (Å²) in [5, 5.41) is 0. The lowest BCUT2D eigenvalue weighted by molar-refractivity contribution is -0.129. The zero-order valence-electron chi connectivity index (χ0n) is 16.5. The number of rotatable bonds is 7. The molecule has 0 aliphatic carbocycles. The number of benzene rings is 1. The Morgan fingerprint density at radius 2 is 1.96 bits per heavy atom. The third-order valence-electron chi connectivity index (χ3n) is 4.56. The highest BCUT2D eigenvalue weighted by atomic mass is 32.2. The quantitative estimate of drug-likeness (QED) is 0.762. The first kappa shape index (κ1) is 21.4. The van der Waals surface area contributed by atoms with E-state index in [1.165, 1.54) is 19.9 Å². The van der Waals surface area contributed by atoms with Crippen LogP contribution in [0.3, 0.4) is 0 Å². The summed E-state index contributed by atoms with van der Waals surface area (Å²) in [6, 6.07) is 4.87. The molecule has 1 aromatic carbocycles. The van der Waals surface area contributed by atoms with Crippen LogP contribution in [0.2, 0.25) is 0 Å². The summed E-state index contributed by atoms with van der Waals surface area (Å²) in [6.07, 6.45) is 1.56. The number of carbonyl (C=O) groups excluding carboxylic acids is 2. The first-order valence-electron chi connectivity index (χ1n) is 9.28. The molecular weight excluding hydrogens is 366 g/mol. The van der Waals surface area contributed by atoms with Crippen molar-refractivity contribution >= 4 is 27.5 Å². The van der Waals surface area contributed by atoms with Crippen molar-refractivity contribution < 1.29 is 18.0 Å². The topological polar surface area (TPSA) is 86.8 Å². The summed E-state index contributed by atoms with van der Waals surface area (Å²) in [5.74, 6) is 0.204. The van der Waals surface area contributed by atoms with Crippen LogP contribution in [0.4, 0.5) is 5.69 Å². The van der Waals surface area contributed by atoms with Crippen molar-refractivity contribution in [3.63, 3.8) is 0 Å². The number of amides is 2. The van der Waals surface area contributed by atoms with Gasteiger partial charge in [-0.15, -0.1) is 0 Å². The average molecular weight is 396 g/mol. The van der Waals surface area contributed by atoms with E-state index in [0.717, 1.165) is 24.1 Å². The second-order valence-corrected chi connectivity index (χ2v) is 9.09. The molecule has 0 unspecified atom stereocenters. The van der Waals surface area contributed by atoms with Gasteiger partial charge in [0, 0.05) is 45.7 Å². The normalized spacial score (nSPS) is 14.2. The Kier molecular flexibility index (Phi) is 7.00. The Balaban J connectivity index is 2.08. The SMILES string of the molecule is CC(=O)N(CCNS(=O)(=O)c1ccc2c(c1)CCCN2C(C)=O)CC(C)C. The number of anilines is 1. The van der Waals surface area contributed by atoms with Gasteiger partial charge in [-0.2, -0.15) is 0 Å². The van der Waals surface area contributed by atoms with Crippen LogP contribution in [0.1, 0.15) is 39.7 Å². The third-order valence-corrected chi connectivity index (χ3v) is 6.02. The van der Waals surface area contributed by atoms with Gasteiger partial charge < -0.3 is 9.80 Å². The molecule has 7 nitrogen and oxygen atoms in total. The maximum atomic E-state index is 12.6. The van der Waals surface area contributed by atoms with Gasteiger partial charge in [0.05, 0.1) is 4.90 Å². The molecule has 0 atom stereocenters. The lowest BCUT2D eigenvalue weighted by Gasteiger charge is -2.29. The first-order valence-corrected chi connectivity index (χ1v) is 10.8. The molecule has 1 aromatic rings. The molecule has 0 saturated heterocycles. The van der Waals surface area contributed by atoms with Crippen LogP contribution in [-0.2, 0) is 26.0 Å². The van der Waals surface area contributed by atoms with Crippen molar-refractivity contribution in [3.05, 3.63) is 23.8 Å². The number of nitrogens with one attached hydrogen (secondary N) is 1. The Morgan fingerprint density at radius 3 is 2.56 bits per heavy atom. The fraction of sp³-hybridized carbons (Fsp3) is 0.579. The van der Waals surface area contributed by atoms with Crippen molar-refractivity contribution in [3.8, 4) is 0 Å². The van der Waals surface area contributed by atoms with Gasteiger partial charge in [0.15, 0.2) is 0 Å². The van der Waals surface area contributed by atoms with Crippen molar-refractivity contribution in [2.45, 2.75) is 45.4 Å². The molecule has 2 rings (SSSR count). The largest absolute Gasteiger partial charge is 0.341 e. The summed E-state index contributed by atoms with van der Waals surface area (Å²) >= 11 is 0. The summed E-state index contributed by atoms with van der Waals surface area (Å²) < 4.78 is 27.8. The Morgan fingerprint density at radius 1 is 1.26 bits per heavy atom. The predicted octanol–water partition coefficient (Wildman–Crippen LogP) is 1.77. The van der Waals surface area contributed by atoms with Crippen LogP contribution in [0, 0.1) is 5.92 Å². The minimum Gasteiger partial charge on any atom is -0.341 e. The van der Waals surface area contributed by atoms with Gasteiger partial charge in [0.2, 0.25) is 21.8 Å². The van der Waals surface area contributed by atoms with Gasteiger partial charge in [-0.3, -0.25) is 9.59 Å². The van der Waals surface area contributed by atoms with E-state index in [1.807, 2.05) is 13.8 Å². The van der Waals surface area contributed by atoms with Crippen molar-refractivity contribution in [2.75, 3.05) is 31.1 Å². The molecule has 1 heterocycles. The lowest BCUT2D eigenvalue weighted by Crippen LogP contribution is -2.39. The molecule has 1 aliphatic heterocycles. The third kappa shape index (κ3) is 5.52. The van der Waals surface area contributed by atoms with E-state index in [1.54, 1.807) is 21.9 Å². The van der Waals surface area contributed by atoms with Gasteiger partial charge in [-0.25, -0.2) is 13.1 Å². The zero-order valence-corrected chi connectivity index (χ0v) is 17.3.